The average Bonchev–Trinajstić information content (AvgIpc) is 3.15. The molecule has 0 saturated heterocycles. The Balaban J connectivity index is 1.71. The molecule has 1 amide bonds. The summed E-state index contributed by atoms with van der Waals surface area (Å²) in [6.07, 6.45) is 4.96. The molecule has 2 N–H and O–H groups in total. The average molecular weight is 404 g/mol. The number of hydrogen-bond acceptors (Lipinski definition) is 4. The minimum absolute atomic E-state index is 0.0143. The summed E-state index contributed by atoms with van der Waals surface area (Å²) in [5.41, 5.74) is 1.32. The van der Waals surface area contributed by atoms with Crippen LogP contribution in [0.1, 0.15) is 26.4 Å². The number of rotatable bonds is 5. The highest BCUT2D eigenvalue weighted by Gasteiger charge is 2.20. The Kier molecular flexibility index (Phi) is 4.66. The third-order valence-corrected chi connectivity index (χ3v) is 3.84. The number of hydrogen-bond donors (Lipinski definition) is 2. The second-order valence-corrected chi connectivity index (χ2v) is 6.29. The summed E-state index contributed by atoms with van der Waals surface area (Å²) >= 11 is 3.34. The van der Waals surface area contributed by atoms with Crippen molar-refractivity contribution in [3.8, 4) is 0 Å². The maximum absolute atomic E-state index is 12.3. The summed E-state index contributed by atoms with van der Waals surface area (Å²) in [5, 5.41) is 19.7. The number of carboxylic acid groups (broad SMARTS) is 1. The van der Waals surface area contributed by atoms with Crippen LogP contribution >= 0.6 is 15.9 Å². The summed E-state index contributed by atoms with van der Waals surface area (Å²) in [4.78, 5) is 23.4. The van der Waals surface area contributed by atoms with Crippen LogP contribution in [0.5, 0.6) is 0 Å². The predicted molar refractivity (Wildman–Crippen MR) is 93.6 cm³/mol. The molecule has 0 atom stereocenters. The third-order valence-electron chi connectivity index (χ3n) is 3.43. The molecule has 0 aliphatic rings. The van der Waals surface area contributed by atoms with Gasteiger partial charge >= 0.3 is 5.97 Å². The van der Waals surface area contributed by atoms with Crippen LogP contribution < -0.4 is 5.32 Å². The largest absolute Gasteiger partial charge is 0.476 e. The molecule has 3 rings (SSSR count). The Morgan fingerprint density at radius 3 is 2.56 bits per heavy atom. The molecule has 0 fully saturated rings. The van der Waals surface area contributed by atoms with Crippen LogP contribution in [0.25, 0.3) is 0 Å². The predicted octanol–water partition coefficient (Wildman–Crippen LogP) is 2.38. The first-order valence-corrected chi connectivity index (χ1v) is 8.07. The molecule has 0 unspecified atom stereocenters. The molecule has 8 nitrogen and oxygen atoms in total. The lowest BCUT2D eigenvalue weighted by atomic mass is 10.2. The second kappa shape index (κ2) is 6.89. The molecule has 25 heavy (non-hydrogen) atoms. The lowest BCUT2D eigenvalue weighted by molar-refractivity contribution is 0.0685. The van der Waals surface area contributed by atoms with Crippen LogP contribution in [0.4, 0.5) is 5.69 Å². The van der Waals surface area contributed by atoms with Crippen LogP contribution in [0.15, 0.2) is 47.3 Å². The van der Waals surface area contributed by atoms with E-state index in [4.69, 9.17) is 5.11 Å². The van der Waals surface area contributed by atoms with Crippen molar-refractivity contribution >= 4 is 33.5 Å². The van der Waals surface area contributed by atoms with Crippen LogP contribution in [-0.2, 0) is 13.6 Å². The quantitative estimate of drug-likeness (QED) is 0.680. The van der Waals surface area contributed by atoms with Gasteiger partial charge in [-0.05, 0) is 33.6 Å². The number of nitrogens with zero attached hydrogens (tertiary/aromatic N) is 4. The van der Waals surface area contributed by atoms with Crippen molar-refractivity contribution in [2.24, 2.45) is 7.05 Å². The molecule has 0 aliphatic heterocycles. The smallest absolute Gasteiger partial charge is 0.357 e. The Hall–Kier alpha value is -2.94. The summed E-state index contributed by atoms with van der Waals surface area (Å²) in [6, 6.07) is 7.24. The first-order valence-electron chi connectivity index (χ1n) is 7.27. The van der Waals surface area contributed by atoms with Gasteiger partial charge in [-0.15, -0.1) is 0 Å². The standard InChI is InChI=1S/C16H14BrN5O3/c1-21-9-13(14(20-21)16(24)25)15(23)19-12-4-2-10(3-5-12)7-22-8-11(17)6-18-22/h2-6,8-9H,7H2,1H3,(H,19,23)(H,24,25). The number of nitrogens with one attached hydrogen (secondary N) is 1. The SMILES string of the molecule is Cn1cc(C(=O)Nc2ccc(Cn3cc(Br)cn3)cc2)c(C(=O)O)n1. The fraction of sp³-hybridized carbons (Fsp3) is 0.125. The molecule has 0 saturated carbocycles. The Morgan fingerprint density at radius 2 is 1.96 bits per heavy atom. The van der Waals surface area contributed by atoms with Crippen molar-refractivity contribution in [1.29, 1.82) is 0 Å². The molecular weight excluding hydrogens is 390 g/mol. The molecule has 2 heterocycles. The van der Waals surface area contributed by atoms with E-state index < -0.39 is 11.9 Å². The lowest BCUT2D eigenvalue weighted by Gasteiger charge is -2.06. The first kappa shape index (κ1) is 16.9. The van der Waals surface area contributed by atoms with E-state index in [1.165, 1.54) is 10.9 Å². The maximum atomic E-state index is 12.3. The second-order valence-electron chi connectivity index (χ2n) is 5.38. The summed E-state index contributed by atoms with van der Waals surface area (Å²) < 4.78 is 3.98. The summed E-state index contributed by atoms with van der Waals surface area (Å²) in [6.45, 7) is 0.603. The Bertz CT molecular complexity index is 930. The highest BCUT2D eigenvalue weighted by atomic mass is 79.9. The van der Waals surface area contributed by atoms with Crippen molar-refractivity contribution in [3.63, 3.8) is 0 Å². The highest BCUT2D eigenvalue weighted by Crippen LogP contribution is 2.15. The summed E-state index contributed by atoms with van der Waals surface area (Å²) in [5.74, 6) is -1.76. The monoisotopic (exact) mass is 403 g/mol. The molecule has 0 radical (unpaired) electrons. The number of carboxylic acids is 1. The molecule has 128 valence electrons. The van der Waals surface area contributed by atoms with E-state index >= 15 is 0 Å². The van der Waals surface area contributed by atoms with Crippen molar-refractivity contribution in [1.82, 2.24) is 19.6 Å². The molecule has 0 aliphatic carbocycles. The topological polar surface area (TPSA) is 102 Å². The van der Waals surface area contributed by atoms with E-state index in [9.17, 15) is 9.59 Å². The van der Waals surface area contributed by atoms with E-state index in [-0.39, 0.29) is 11.3 Å². The van der Waals surface area contributed by atoms with E-state index in [1.54, 1.807) is 30.1 Å². The molecule has 3 aromatic rings. The van der Waals surface area contributed by atoms with E-state index in [1.807, 2.05) is 18.3 Å². The molecular formula is C16H14BrN5O3. The van der Waals surface area contributed by atoms with Gasteiger partial charge in [0, 0.05) is 25.1 Å². The van der Waals surface area contributed by atoms with Gasteiger partial charge in [0.05, 0.1) is 22.8 Å². The molecule has 0 bridgehead atoms. The number of amides is 1. The van der Waals surface area contributed by atoms with Crippen molar-refractivity contribution in [3.05, 3.63) is 64.1 Å². The van der Waals surface area contributed by atoms with Crippen LogP contribution in [-0.4, -0.2) is 36.5 Å². The number of aromatic carboxylic acids is 1. The van der Waals surface area contributed by atoms with E-state index in [0.29, 0.717) is 12.2 Å². The zero-order chi connectivity index (χ0) is 18.0. The number of aryl methyl sites for hydroxylation is 1. The van der Waals surface area contributed by atoms with Gasteiger partial charge in [0.2, 0.25) is 0 Å². The highest BCUT2D eigenvalue weighted by molar-refractivity contribution is 9.10. The van der Waals surface area contributed by atoms with Crippen LogP contribution in [0, 0.1) is 0 Å². The van der Waals surface area contributed by atoms with Gasteiger partial charge in [-0.1, -0.05) is 12.1 Å². The Morgan fingerprint density at radius 1 is 1.24 bits per heavy atom. The van der Waals surface area contributed by atoms with Gasteiger partial charge in [-0.25, -0.2) is 4.79 Å². The fourth-order valence-electron chi connectivity index (χ4n) is 2.32. The molecule has 1 aromatic carbocycles. The number of carbonyl (C=O) groups excluding carboxylic acids is 1. The first-order chi connectivity index (χ1) is 11.9. The van der Waals surface area contributed by atoms with Gasteiger partial charge in [-0.3, -0.25) is 14.2 Å². The van der Waals surface area contributed by atoms with Gasteiger partial charge < -0.3 is 10.4 Å². The zero-order valence-electron chi connectivity index (χ0n) is 13.2. The maximum Gasteiger partial charge on any atom is 0.357 e. The van der Waals surface area contributed by atoms with Gasteiger partial charge in [0.15, 0.2) is 5.69 Å². The minimum Gasteiger partial charge on any atom is -0.476 e. The lowest BCUT2D eigenvalue weighted by Crippen LogP contribution is -2.15. The van der Waals surface area contributed by atoms with E-state index in [0.717, 1.165) is 10.0 Å². The van der Waals surface area contributed by atoms with Gasteiger partial charge in [0.25, 0.3) is 5.91 Å². The van der Waals surface area contributed by atoms with Crippen LogP contribution in [0.3, 0.4) is 0 Å². The molecule has 9 heteroatoms. The van der Waals surface area contributed by atoms with E-state index in [2.05, 4.69) is 31.4 Å². The summed E-state index contributed by atoms with van der Waals surface area (Å²) in [7, 11) is 1.56. The van der Waals surface area contributed by atoms with Gasteiger partial charge in [0.1, 0.15) is 0 Å². The number of aromatic nitrogens is 4. The third kappa shape index (κ3) is 3.94. The molecule has 2 aromatic heterocycles. The minimum atomic E-state index is -1.24. The number of halogens is 1. The van der Waals surface area contributed by atoms with Crippen molar-refractivity contribution in [2.75, 3.05) is 5.32 Å². The number of anilines is 1. The van der Waals surface area contributed by atoms with Crippen LogP contribution in [0.2, 0.25) is 0 Å². The van der Waals surface area contributed by atoms with Crippen molar-refractivity contribution in [2.45, 2.75) is 6.54 Å². The number of carbonyl (C=O) groups is 2. The molecule has 0 spiro atoms. The van der Waals surface area contributed by atoms with Gasteiger partial charge in [-0.2, -0.15) is 10.2 Å². The van der Waals surface area contributed by atoms with Crippen molar-refractivity contribution < 1.29 is 14.7 Å². The number of benzene rings is 1. The Labute approximate surface area is 151 Å². The fourth-order valence-corrected chi connectivity index (χ4v) is 2.64. The zero-order valence-corrected chi connectivity index (χ0v) is 14.8. The normalized spacial score (nSPS) is 10.6.